The first-order valence-corrected chi connectivity index (χ1v) is 8.04. The Morgan fingerprint density at radius 2 is 1.71 bits per heavy atom. The second kappa shape index (κ2) is 7.78. The van der Waals surface area contributed by atoms with Crippen molar-refractivity contribution >= 4 is 23.4 Å². The number of aromatic nitrogens is 2. The third-order valence-electron chi connectivity index (χ3n) is 3.81. The first-order chi connectivity index (χ1) is 13.3. The van der Waals surface area contributed by atoms with Crippen LogP contribution in [0.3, 0.4) is 0 Å². The maximum atomic E-state index is 14.0. The normalized spacial score (nSPS) is 10.5. The zero-order valence-corrected chi connectivity index (χ0v) is 14.3. The van der Waals surface area contributed by atoms with E-state index < -0.39 is 29.1 Å². The maximum absolute atomic E-state index is 14.0. The van der Waals surface area contributed by atoms with Crippen molar-refractivity contribution in [2.45, 2.75) is 6.42 Å². The van der Waals surface area contributed by atoms with E-state index in [0.29, 0.717) is 11.3 Å². The number of anilines is 2. The van der Waals surface area contributed by atoms with Crippen molar-refractivity contribution < 1.29 is 23.5 Å². The van der Waals surface area contributed by atoms with E-state index in [0.717, 1.165) is 18.3 Å². The van der Waals surface area contributed by atoms with E-state index in [1.807, 2.05) is 0 Å². The number of carbonyl (C=O) groups is 2. The van der Waals surface area contributed by atoms with E-state index in [1.54, 1.807) is 24.3 Å². The molecule has 0 atom stereocenters. The van der Waals surface area contributed by atoms with E-state index in [-0.39, 0.29) is 23.6 Å². The summed E-state index contributed by atoms with van der Waals surface area (Å²) in [5.74, 6) is -3.79. The fourth-order valence-electron chi connectivity index (χ4n) is 2.51. The van der Waals surface area contributed by atoms with Crippen molar-refractivity contribution in [2.24, 2.45) is 5.73 Å². The molecule has 0 radical (unpaired) electrons. The van der Waals surface area contributed by atoms with E-state index in [9.17, 15) is 18.4 Å². The highest BCUT2D eigenvalue weighted by Crippen LogP contribution is 2.26. The van der Waals surface area contributed by atoms with Crippen LogP contribution in [0.15, 0.2) is 48.7 Å². The molecular formula is C19H14F2N4O3. The molecule has 0 saturated carbocycles. The number of hydrogen-bond donors (Lipinski definition) is 3. The smallest absolute Gasteiger partial charge is 0.307 e. The number of halogens is 2. The number of primary amides is 1. The fraction of sp³-hybridized carbons (Fsp3) is 0.0526. The molecule has 0 aliphatic rings. The molecule has 1 amide bonds. The van der Waals surface area contributed by atoms with Gasteiger partial charge < -0.3 is 16.2 Å². The van der Waals surface area contributed by atoms with Gasteiger partial charge in [-0.05, 0) is 29.8 Å². The number of hydrogen-bond acceptors (Lipinski definition) is 5. The molecular weight excluding hydrogens is 370 g/mol. The van der Waals surface area contributed by atoms with Gasteiger partial charge in [0.05, 0.1) is 12.0 Å². The Hall–Kier alpha value is -3.88. The van der Waals surface area contributed by atoms with Gasteiger partial charge in [0, 0.05) is 11.9 Å². The van der Waals surface area contributed by atoms with Crippen LogP contribution in [0.5, 0.6) is 0 Å². The average molecular weight is 384 g/mol. The monoisotopic (exact) mass is 384 g/mol. The second-order valence-electron chi connectivity index (χ2n) is 5.81. The van der Waals surface area contributed by atoms with E-state index in [4.69, 9.17) is 10.8 Å². The van der Waals surface area contributed by atoms with Gasteiger partial charge in [-0.2, -0.15) is 0 Å². The molecule has 0 spiro atoms. The number of carboxylic acid groups (broad SMARTS) is 1. The van der Waals surface area contributed by atoms with Gasteiger partial charge in [0.1, 0.15) is 23.0 Å². The van der Waals surface area contributed by atoms with E-state index in [1.165, 1.54) is 6.07 Å². The summed E-state index contributed by atoms with van der Waals surface area (Å²) in [6.07, 6.45) is 0.939. The molecule has 4 N–H and O–H groups in total. The third kappa shape index (κ3) is 4.09. The summed E-state index contributed by atoms with van der Waals surface area (Å²) in [5, 5.41) is 11.6. The minimum absolute atomic E-state index is 0.0360. The van der Waals surface area contributed by atoms with Crippen LogP contribution in [-0.2, 0) is 11.2 Å². The first-order valence-electron chi connectivity index (χ1n) is 8.04. The molecule has 9 heteroatoms. The van der Waals surface area contributed by atoms with Crippen molar-refractivity contribution in [1.29, 1.82) is 0 Å². The summed E-state index contributed by atoms with van der Waals surface area (Å²) in [6.45, 7) is 0. The van der Waals surface area contributed by atoms with Crippen LogP contribution in [0.25, 0.3) is 11.4 Å². The summed E-state index contributed by atoms with van der Waals surface area (Å²) in [6, 6.07) is 9.67. The Bertz CT molecular complexity index is 1040. The van der Waals surface area contributed by atoms with Crippen molar-refractivity contribution in [2.75, 3.05) is 5.32 Å². The molecule has 0 unspecified atom stereocenters. The van der Waals surface area contributed by atoms with Crippen LogP contribution < -0.4 is 11.1 Å². The topological polar surface area (TPSA) is 118 Å². The van der Waals surface area contributed by atoms with Gasteiger partial charge in [-0.25, -0.2) is 18.7 Å². The molecule has 0 aliphatic heterocycles. The lowest BCUT2D eigenvalue weighted by molar-refractivity contribution is -0.136. The van der Waals surface area contributed by atoms with Crippen LogP contribution in [0.1, 0.15) is 15.9 Å². The Morgan fingerprint density at radius 1 is 1.07 bits per heavy atom. The lowest BCUT2D eigenvalue weighted by atomic mass is 10.1. The van der Waals surface area contributed by atoms with Gasteiger partial charge in [0.2, 0.25) is 0 Å². The zero-order chi connectivity index (χ0) is 20.3. The minimum atomic E-state index is -0.968. The molecule has 28 heavy (non-hydrogen) atoms. The summed E-state index contributed by atoms with van der Waals surface area (Å²) in [7, 11) is 0. The summed E-state index contributed by atoms with van der Waals surface area (Å²) in [5.41, 5.74) is 5.86. The van der Waals surface area contributed by atoms with Gasteiger partial charge in [-0.15, -0.1) is 0 Å². The number of nitrogens with one attached hydrogen (secondary N) is 1. The molecule has 7 nitrogen and oxygen atoms in total. The van der Waals surface area contributed by atoms with Gasteiger partial charge >= 0.3 is 5.97 Å². The standard InChI is InChI=1S/C19H14F2N4O3/c20-13-2-1-3-14(21)16(13)19-23-9-12(17(22)28)18(25-19)24-11-6-4-10(5-7-11)8-15(26)27/h1-7,9H,8H2,(H2,22,28)(H,26,27)(H,23,24,25). The Labute approximate surface area is 157 Å². The van der Waals surface area contributed by atoms with Gasteiger partial charge in [-0.1, -0.05) is 18.2 Å². The Morgan fingerprint density at radius 3 is 2.29 bits per heavy atom. The molecule has 0 bridgehead atoms. The van der Waals surface area contributed by atoms with E-state index >= 15 is 0 Å². The lowest BCUT2D eigenvalue weighted by Gasteiger charge is -2.12. The predicted molar refractivity (Wildman–Crippen MR) is 97.0 cm³/mol. The van der Waals surface area contributed by atoms with Crippen molar-refractivity contribution in [1.82, 2.24) is 9.97 Å². The van der Waals surface area contributed by atoms with Crippen molar-refractivity contribution in [3.63, 3.8) is 0 Å². The summed E-state index contributed by atoms with van der Waals surface area (Å²) < 4.78 is 28.0. The Kier molecular flexibility index (Phi) is 5.25. The number of benzene rings is 2. The quantitative estimate of drug-likeness (QED) is 0.601. The van der Waals surface area contributed by atoms with Crippen molar-refractivity contribution in [3.8, 4) is 11.4 Å². The van der Waals surface area contributed by atoms with Crippen LogP contribution in [0, 0.1) is 11.6 Å². The first kappa shape index (κ1) is 18.9. The molecule has 3 aromatic rings. The van der Waals surface area contributed by atoms with Crippen LogP contribution in [-0.4, -0.2) is 27.0 Å². The lowest BCUT2D eigenvalue weighted by Crippen LogP contribution is -2.15. The molecule has 2 aromatic carbocycles. The summed E-state index contributed by atoms with van der Waals surface area (Å²) >= 11 is 0. The number of carbonyl (C=O) groups excluding carboxylic acids is 1. The van der Waals surface area contributed by atoms with Crippen LogP contribution in [0.2, 0.25) is 0 Å². The van der Waals surface area contributed by atoms with Crippen molar-refractivity contribution in [3.05, 3.63) is 71.4 Å². The number of carboxylic acids is 1. The fourth-order valence-corrected chi connectivity index (χ4v) is 2.51. The number of amides is 1. The number of nitrogens with two attached hydrogens (primary N) is 1. The largest absolute Gasteiger partial charge is 0.481 e. The minimum Gasteiger partial charge on any atom is -0.481 e. The van der Waals surface area contributed by atoms with Crippen LogP contribution in [0.4, 0.5) is 20.3 Å². The maximum Gasteiger partial charge on any atom is 0.307 e. The highest BCUT2D eigenvalue weighted by Gasteiger charge is 2.18. The summed E-state index contributed by atoms with van der Waals surface area (Å²) in [4.78, 5) is 30.3. The molecule has 0 aliphatic carbocycles. The van der Waals surface area contributed by atoms with Crippen LogP contribution >= 0.6 is 0 Å². The number of rotatable bonds is 6. The van der Waals surface area contributed by atoms with Gasteiger partial charge in [0.15, 0.2) is 5.82 Å². The highest BCUT2D eigenvalue weighted by atomic mass is 19.1. The second-order valence-corrected chi connectivity index (χ2v) is 5.81. The number of aliphatic carboxylic acids is 1. The van der Waals surface area contributed by atoms with E-state index in [2.05, 4.69) is 15.3 Å². The molecule has 3 rings (SSSR count). The molecule has 0 saturated heterocycles. The molecule has 142 valence electrons. The number of nitrogens with zero attached hydrogens (tertiary/aromatic N) is 2. The average Bonchev–Trinajstić information content (AvgIpc) is 2.63. The zero-order valence-electron chi connectivity index (χ0n) is 14.3. The third-order valence-corrected chi connectivity index (χ3v) is 3.81. The molecule has 0 fully saturated rings. The van der Waals surface area contributed by atoms with Gasteiger partial charge in [0.25, 0.3) is 5.91 Å². The van der Waals surface area contributed by atoms with Gasteiger partial charge in [-0.3, -0.25) is 9.59 Å². The molecule has 1 heterocycles. The SMILES string of the molecule is NC(=O)c1cnc(-c2c(F)cccc2F)nc1Nc1ccc(CC(=O)O)cc1. The highest BCUT2D eigenvalue weighted by molar-refractivity contribution is 5.98. The molecule has 1 aromatic heterocycles. The Balaban J connectivity index is 1.99. The predicted octanol–water partition coefficient (Wildman–Crippen LogP) is 2.89.